The lowest BCUT2D eigenvalue weighted by Gasteiger charge is -2.08. The van der Waals surface area contributed by atoms with Gasteiger partial charge in [-0.05, 0) is 18.6 Å². The van der Waals surface area contributed by atoms with Gasteiger partial charge in [0.15, 0.2) is 0 Å². The van der Waals surface area contributed by atoms with Gasteiger partial charge in [-0.2, -0.15) is 0 Å². The number of rotatable bonds is 18. The molecule has 0 aromatic heterocycles. The lowest BCUT2D eigenvalue weighted by Crippen LogP contribution is -2.17. The fraction of sp³-hybridized carbons (Fsp3) is 0.680. The van der Waals surface area contributed by atoms with Crippen LogP contribution in [0.15, 0.2) is 24.3 Å². The Hall–Kier alpha value is -1.84. The normalized spacial score (nSPS) is 10.8. The van der Waals surface area contributed by atoms with Gasteiger partial charge >= 0.3 is 0 Å². The molecule has 0 aliphatic carbocycles. The number of unbranched alkanes of at least 4 members (excludes halogenated alkanes) is 14. The van der Waals surface area contributed by atoms with Gasteiger partial charge in [-0.15, -0.1) is 0 Å². The zero-order valence-electron chi connectivity index (χ0n) is 18.5. The summed E-state index contributed by atoms with van der Waals surface area (Å²) in [5, 5.41) is 2.80. The summed E-state index contributed by atoms with van der Waals surface area (Å²) in [6, 6.07) is 6.87. The van der Waals surface area contributed by atoms with Gasteiger partial charge in [0.25, 0.3) is 5.91 Å². The van der Waals surface area contributed by atoms with Crippen molar-refractivity contribution < 1.29 is 9.59 Å². The summed E-state index contributed by atoms with van der Waals surface area (Å²) in [5.74, 6) is -0.568. The number of anilines is 1. The first-order chi connectivity index (χ1) is 14.1. The molecule has 0 heterocycles. The number of nitrogens with two attached hydrogens (primary N) is 1. The Morgan fingerprint density at radius 3 is 1.66 bits per heavy atom. The van der Waals surface area contributed by atoms with Crippen molar-refractivity contribution in [3.8, 4) is 0 Å². The van der Waals surface area contributed by atoms with Crippen molar-refractivity contribution in [2.24, 2.45) is 5.73 Å². The quantitative estimate of drug-likeness (QED) is 0.260. The van der Waals surface area contributed by atoms with E-state index in [0.717, 1.165) is 12.8 Å². The van der Waals surface area contributed by atoms with Crippen molar-refractivity contribution in [2.45, 2.75) is 110 Å². The molecule has 0 unspecified atom stereocenters. The summed E-state index contributed by atoms with van der Waals surface area (Å²) in [6.45, 7) is 2.27. The third-order valence-electron chi connectivity index (χ3n) is 5.47. The molecule has 0 fully saturated rings. The SMILES string of the molecule is CCCCCCCCCCCCCCCCCC(=O)Nc1ccccc1C(N)=O. The maximum absolute atomic E-state index is 12.1. The summed E-state index contributed by atoms with van der Waals surface area (Å²) in [6.07, 6.45) is 20.2. The van der Waals surface area contributed by atoms with Gasteiger partial charge in [-0.3, -0.25) is 9.59 Å². The number of amides is 2. The van der Waals surface area contributed by atoms with E-state index in [0.29, 0.717) is 17.7 Å². The Labute approximate surface area is 178 Å². The van der Waals surface area contributed by atoms with Gasteiger partial charge in [0, 0.05) is 6.42 Å². The fourth-order valence-electron chi connectivity index (χ4n) is 3.68. The van der Waals surface area contributed by atoms with Gasteiger partial charge < -0.3 is 11.1 Å². The lowest BCUT2D eigenvalue weighted by atomic mass is 10.0. The zero-order chi connectivity index (χ0) is 21.2. The summed E-state index contributed by atoms with van der Waals surface area (Å²) >= 11 is 0. The number of benzene rings is 1. The fourth-order valence-corrected chi connectivity index (χ4v) is 3.68. The van der Waals surface area contributed by atoms with Crippen molar-refractivity contribution in [3.05, 3.63) is 29.8 Å². The van der Waals surface area contributed by atoms with E-state index in [1.54, 1.807) is 24.3 Å². The first-order valence-electron chi connectivity index (χ1n) is 11.8. The molecule has 1 rings (SSSR count). The lowest BCUT2D eigenvalue weighted by molar-refractivity contribution is -0.116. The highest BCUT2D eigenvalue weighted by molar-refractivity contribution is 6.02. The van der Waals surface area contributed by atoms with E-state index in [1.807, 2.05) is 0 Å². The Kier molecular flexibility index (Phi) is 14.8. The molecule has 0 saturated carbocycles. The molecule has 0 saturated heterocycles. The average molecular weight is 403 g/mol. The molecule has 0 aliphatic heterocycles. The highest BCUT2D eigenvalue weighted by atomic mass is 16.2. The van der Waals surface area contributed by atoms with E-state index in [9.17, 15) is 9.59 Å². The van der Waals surface area contributed by atoms with Crippen LogP contribution >= 0.6 is 0 Å². The number of hydrogen-bond acceptors (Lipinski definition) is 2. The second-order valence-electron chi connectivity index (χ2n) is 8.16. The predicted octanol–water partition coefficient (Wildman–Crippen LogP) is 6.99. The maximum atomic E-state index is 12.1. The van der Waals surface area contributed by atoms with Gasteiger partial charge in [0.1, 0.15) is 0 Å². The van der Waals surface area contributed by atoms with E-state index in [2.05, 4.69) is 12.2 Å². The molecule has 1 aromatic rings. The number of nitrogens with one attached hydrogen (secondary N) is 1. The van der Waals surface area contributed by atoms with Crippen molar-refractivity contribution in [1.29, 1.82) is 0 Å². The summed E-state index contributed by atoms with van der Waals surface area (Å²) in [7, 11) is 0. The highest BCUT2D eigenvalue weighted by Gasteiger charge is 2.09. The van der Waals surface area contributed by atoms with Crippen LogP contribution in [0.5, 0.6) is 0 Å². The molecule has 1 aromatic carbocycles. The third-order valence-corrected chi connectivity index (χ3v) is 5.47. The van der Waals surface area contributed by atoms with Crippen LogP contribution in [0.4, 0.5) is 5.69 Å². The van der Waals surface area contributed by atoms with Crippen LogP contribution in [0.2, 0.25) is 0 Å². The first-order valence-corrected chi connectivity index (χ1v) is 11.8. The summed E-state index contributed by atoms with van der Waals surface area (Å²) < 4.78 is 0. The Morgan fingerprint density at radius 2 is 1.17 bits per heavy atom. The molecule has 0 atom stereocenters. The smallest absolute Gasteiger partial charge is 0.250 e. The first kappa shape index (κ1) is 25.2. The number of carbonyl (C=O) groups is 2. The molecule has 0 radical (unpaired) electrons. The van der Waals surface area contributed by atoms with Crippen LogP contribution in [-0.2, 0) is 4.79 Å². The molecular weight excluding hydrogens is 360 g/mol. The summed E-state index contributed by atoms with van der Waals surface area (Å²) in [4.78, 5) is 23.4. The minimum atomic E-state index is -0.520. The van der Waals surface area contributed by atoms with E-state index >= 15 is 0 Å². The van der Waals surface area contributed by atoms with Gasteiger partial charge in [0.05, 0.1) is 11.3 Å². The van der Waals surface area contributed by atoms with E-state index in [-0.39, 0.29) is 5.91 Å². The average Bonchev–Trinajstić information content (AvgIpc) is 2.71. The highest BCUT2D eigenvalue weighted by Crippen LogP contribution is 2.16. The monoisotopic (exact) mass is 402 g/mol. The topological polar surface area (TPSA) is 72.2 Å². The summed E-state index contributed by atoms with van der Waals surface area (Å²) in [5.41, 5.74) is 6.20. The molecule has 29 heavy (non-hydrogen) atoms. The van der Waals surface area contributed by atoms with Crippen LogP contribution in [0.1, 0.15) is 120 Å². The molecule has 164 valence electrons. The predicted molar refractivity (Wildman–Crippen MR) is 123 cm³/mol. The molecule has 0 spiro atoms. The zero-order valence-corrected chi connectivity index (χ0v) is 18.5. The van der Waals surface area contributed by atoms with Crippen LogP contribution < -0.4 is 11.1 Å². The minimum Gasteiger partial charge on any atom is -0.366 e. The van der Waals surface area contributed by atoms with Gasteiger partial charge in [-0.25, -0.2) is 0 Å². The van der Waals surface area contributed by atoms with E-state index in [1.165, 1.54) is 83.5 Å². The molecule has 4 heteroatoms. The maximum Gasteiger partial charge on any atom is 0.250 e. The minimum absolute atomic E-state index is 0.0478. The standard InChI is InChI=1S/C25H42N2O2/c1-2-3-4-5-6-7-8-9-10-11-12-13-14-15-16-21-24(28)27-23-20-18-17-19-22(23)25(26)29/h17-20H,2-16,21H2,1H3,(H2,26,29)(H,27,28). The molecule has 4 nitrogen and oxygen atoms in total. The molecule has 0 aliphatic rings. The van der Waals surface area contributed by atoms with E-state index < -0.39 is 5.91 Å². The van der Waals surface area contributed by atoms with Crippen LogP contribution in [0.3, 0.4) is 0 Å². The largest absolute Gasteiger partial charge is 0.366 e. The van der Waals surface area contributed by atoms with E-state index in [4.69, 9.17) is 5.73 Å². The van der Waals surface area contributed by atoms with Gasteiger partial charge in [-0.1, -0.05) is 109 Å². The molecule has 0 bridgehead atoms. The number of primary amides is 1. The third kappa shape index (κ3) is 13.1. The Bertz CT molecular complexity index is 572. The second-order valence-corrected chi connectivity index (χ2v) is 8.16. The van der Waals surface area contributed by atoms with Crippen molar-refractivity contribution in [1.82, 2.24) is 0 Å². The molecule has 3 N–H and O–H groups in total. The van der Waals surface area contributed by atoms with Gasteiger partial charge in [0.2, 0.25) is 5.91 Å². The number of para-hydroxylation sites is 1. The second kappa shape index (κ2) is 17.1. The Morgan fingerprint density at radius 1 is 0.724 bits per heavy atom. The van der Waals surface area contributed by atoms with Crippen LogP contribution in [0, 0.1) is 0 Å². The van der Waals surface area contributed by atoms with Crippen molar-refractivity contribution in [3.63, 3.8) is 0 Å². The van der Waals surface area contributed by atoms with Crippen LogP contribution in [0.25, 0.3) is 0 Å². The molecular formula is C25H42N2O2. The van der Waals surface area contributed by atoms with Crippen LogP contribution in [-0.4, -0.2) is 11.8 Å². The number of hydrogen-bond donors (Lipinski definition) is 2. The van der Waals surface area contributed by atoms with Crippen molar-refractivity contribution in [2.75, 3.05) is 5.32 Å². The number of carbonyl (C=O) groups excluding carboxylic acids is 2. The Balaban J connectivity index is 1.92. The molecule has 2 amide bonds. The van der Waals surface area contributed by atoms with Crippen molar-refractivity contribution >= 4 is 17.5 Å².